The van der Waals surface area contributed by atoms with Gasteiger partial charge in [-0.15, -0.1) is 0 Å². The molecule has 2 rings (SSSR count). The smallest absolute Gasteiger partial charge is 0.132 e. The van der Waals surface area contributed by atoms with E-state index in [4.69, 9.17) is 28.8 Å². The maximum atomic E-state index is 14.5. The molecule has 4 nitrogen and oxygen atoms in total. The Balaban J connectivity index is 0.00000242. The molecule has 4 N–H and O–H groups in total. The van der Waals surface area contributed by atoms with Crippen LogP contribution in [0.4, 0.5) is 4.39 Å². The summed E-state index contributed by atoms with van der Waals surface area (Å²) in [6, 6.07) is 11.2. The van der Waals surface area contributed by atoms with Crippen LogP contribution in [-0.2, 0) is 0 Å². The van der Waals surface area contributed by atoms with Crippen molar-refractivity contribution in [3.05, 3.63) is 108 Å². The van der Waals surface area contributed by atoms with Gasteiger partial charge in [-0.25, -0.2) is 4.39 Å². The molecule has 0 fully saturated rings. The Hall–Kier alpha value is -2.78. The van der Waals surface area contributed by atoms with Gasteiger partial charge in [-0.1, -0.05) is 97.7 Å². The van der Waals surface area contributed by atoms with Crippen LogP contribution < -0.4 is 5.73 Å². The number of allylic oxidation sites excluding steroid dienone is 6. The average Bonchev–Trinajstić information content (AvgIpc) is 2.86. The molecule has 0 spiro atoms. The molecule has 0 saturated heterocycles. The maximum Gasteiger partial charge on any atom is 0.132 e. The van der Waals surface area contributed by atoms with Crippen LogP contribution in [0.5, 0.6) is 0 Å². The Bertz CT molecular complexity index is 1060. The van der Waals surface area contributed by atoms with Crippen molar-refractivity contribution < 1.29 is 4.39 Å². The minimum atomic E-state index is -0.541. The molecule has 0 amide bonds. The molecule has 0 radical (unpaired) electrons. The number of hydrogen-bond acceptors (Lipinski definition) is 4. The molecule has 1 aromatic carbocycles. The molecule has 0 aliphatic carbocycles. The third-order valence-corrected chi connectivity index (χ3v) is 4.28. The summed E-state index contributed by atoms with van der Waals surface area (Å²) in [5.74, 6) is -0.541. The van der Waals surface area contributed by atoms with E-state index in [9.17, 15) is 4.39 Å². The first-order valence-corrected chi connectivity index (χ1v) is 12.7. The second-order valence-corrected chi connectivity index (χ2v) is 6.34. The lowest BCUT2D eigenvalue weighted by molar-refractivity contribution is 0.625. The number of nitrogens with one attached hydrogen (secondary N) is 2. The average molecular weight is 577 g/mol. The van der Waals surface area contributed by atoms with Crippen molar-refractivity contribution in [1.82, 2.24) is 4.98 Å². The number of pyridine rings is 1. The SMILES string of the molecule is C=C\C=C/C(=C\C)C(/C(=N)c1ccccc1F)=C(/C(=N)C(N)=S)c1ccccn1.CC.CI. The van der Waals surface area contributed by atoms with Crippen molar-refractivity contribution in [2.45, 2.75) is 20.8 Å². The summed E-state index contributed by atoms with van der Waals surface area (Å²) < 4.78 is 14.5. The number of nitrogens with two attached hydrogens (primary N) is 1. The van der Waals surface area contributed by atoms with Gasteiger partial charge in [-0.05, 0) is 41.7 Å². The molecule has 2 aromatic rings. The third-order valence-electron chi connectivity index (χ3n) is 4.07. The Labute approximate surface area is 215 Å². The molecule has 174 valence electrons. The number of benzene rings is 1. The predicted molar refractivity (Wildman–Crippen MR) is 153 cm³/mol. The lowest BCUT2D eigenvalue weighted by atomic mass is 9.87. The van der Waals surface area contributed by atoms with Crippen molar-refractivity contribution in [2.75, 3.05) is 4.93 Å². The summed E-state index contributed by atoms with van der Waals surface area (Å²) in [6.07, 6.45) is 8.35. The zero-order valence-electron chi connectivity index (χ0n) is 19.3. The van der Waals surface area contributed by atoms with Crippen molar-refractivity contribution in [2.24, 2.45) is 5.73 Å². The van der Waals surface area contributed by atoms with Crippen LogP contribution >= 0.6 is 34.8 Å². The topological polar surface area (TPSA) is 86.6 Å². The number of aromatic nitrogens is 1. The summed E-state index contributed by atoms with van der Waals surface area (Å²) in [5, 5.41) is 17.3. The molecule has 0 aliphatic rings. The van der Waals surface area contributed by atoms with E-state index in [1.807, 2.05) is 18.8 Å². The first-order valence-electron chi connectivity index (χ1n) is 10.1. The Morgan fingerprint density at radius 3 is 2.21 bits per heavy atom. The molecular formula is C26H30FIN4S. The molecule has 7 heteroatoms. The molecule has 0 atom stereocenters. The molecule has 0 saturated carbocycles. The van der Waals surface area contributed by atoms with Gasteiger partial charge in [-0.2, -0.15) is 0 Å². The Kier molecular flexibility index (Phi) is 15.4. The largest absolute Gasteiger partial charge is 0.388 e. The van der Waals surface area contributed by atoms with Crippen molar-refractivity contribution in [3.63, 3.8) is 0 Å². The van der Waals surface area contributed by atoms with Crippen molar-refractivity contribution in [1.29, 1.82) is 10.8 Å². The highest BCUT2D eigenvalue weighted by atomic mass is 127. The van der Waals surface area contributed by atoms with Gasteiger partial charge >= 0.3 is 0 Å². The van der Waals surface area contributed by atoms with E-state index in [1.165, 1.54) is 12.1 Å². The lowest BCUT2D eigenvalue weighted by Crippen LogP contribution is -2.25. The van der Waals surface area contributed by atoms with Crippen LogP contribution in [0.25, 0.3) is 5.57 Å². The summed E-state index contributed by atoms with van der Waals surface area (Å²) in [7, 11) is 0. The summed E-state index contributed by atoms with van der Waals surface area (Å²) >= 11 is 7.20. The molecule has 0 bridgehead atoms. The fraction of sp³-hybridized carbons (Fsp3) is 0.154. The van der Waals surface area contributed by atoms with Gasteiger partial charge in [0.1, 0.15) is 10.8 Å². The van der Waals surface area contributed by atoms with Crippen LogP contribution in [0.15, 0.2) is 90.7 Å². The standard InChI is InChI=1S/C23H21FN4S.C2H6.CH3I/c1-3-5-10-15(4-2)19(21(25)16-11-6-7-12-17(16)24)20(22(26)23(27)29)18-13-8-9-14-28-18;2*1-2/h3-14,25-26H,1H2,2H3,(H2,27,29);1-2H3;1H3/b10-5-,15-4+,20-19-,25-21?,26-22?;;. The monoisotopic (exact) mass is 576 g/mol. The van der Waals surface area contributed by atoms with E-state index < -0.39 is 5.82 Å². The van der Waals surface area contributed by atoms with Crippen LogP contribution in [0.1, 0.15) is 32.0 Å². The van der Waals surface area contributed by atoms with Gasteiger partial charge in [0, 0.05) is 22.9 Å². The summed E-state index contributed by atoms with van der Waals surface area (Å²) in [6.45, 7) is 9.46. The van der Waals surface area contributed by atoms with E-state index in [-0.39, 0.29) is 27.5 Å². The van der Waals surface area contributed by atoms with E-state index in [0.717, 1.165) is 0 Å². The predicted octanol–water partition coefficient (Wildman–Crippen LogP) is 7.11. The maximum absolute atomic E-state index is 14.5. The Morgan fingerprint density at radius 2 is 1.73 bits per heavy atom. The second kappa shape index (κ2) is 16.8. The molecule has 1 aromatic heterocycles. The van der Waals surface area contributed by atoms with E-state index >= 15 is 0 Å². The quantitative estimate of drug-likeness (QED) is 0.103. The van der Waals surface area contributed by atoms with Gasteiger partial charge in [0.15, 0.2) is 0 Å². The molecular weight excluding hydrogens is 546 g/mol. The van der Waals surface area contributed by atoms with E-state index in [0.29, 0.717) is 16.8 Å². The molecule has 0 aliphatic heterocycles. The summed E-state index contributed by atoms with van der Waals surface area (Å²) in [5.41, 5.74) is 7.16. The number of thiocarbonyl (C=S) groups is 1. The van der Waals surface area contributed by atoms with E-state index in [2.05, 4.69) is 34.2 Å². The highest BCUT2D eigenvalue weighted by Crippen LogP contribution is 2.29. The van der Waals surface area contributed by atoms with Crippen molar-refractivity contribution >= 4 is 56.8 Å². The van der Waals surface area contributed by atoms with Gasteiger partial charge in [0.25, 0.3) is 0 Å². The van der Waals surface area contributed by atoms with Gasteiger partial charge in [0.2, 0.25) is 0 Å². The van der Waals surface area contributed by atoms with E-state index in [1.54, 1.807) is 67.8 Å². The normalized spacial score (nSPS) is 11.3. The minimum Gasteiger partial charge on any atom is -0.388 e. The van der Waals surface area contributed by atoms with Crippen LogP contribution in [0.2, 0.25) is 0 Å². The first kappa shape index (κ1) is 30.2. The zero-order valence-corrected chi connectivity index (χ0v) is 22.3. The molecule has 33 heavy (non-hydrogen) atoms. The number of alkyl halides is 1. The number of rotatable bonds is 8. The second-order valence-electron chi connectivity index (χ2n) is 5.90. The van der Waals surface area contributed by atoms with Crippen LogP contribution in [0, 0.1) is 16.6 Å². The van der Waals surface area contributed by atoms with Crippen LogP contribution in [-0.4, -0.2) is 26.3 Å². The fourth-order valence-electron chi connectivity index (χ4n) is 2.72. The number of nitrogens with zero attached hydrogens (tertiary/aromatic N) is 1. The van der Waals surface area contributed by atoms with Crippen LogP contribution in [0.3, 0.4) is 0 Å². The fourth-order valence-corrected chi connectivity index (χ4v) is 2.82. The Morgan fingerprint density at radius 1 is 1.12 bits per heavy atom. The highest BCUT2D eigenvalue weighted by molar-refractivity contribution is 14.1. The van der Waals surface area contributed by atoms with Gasteiger partial charge in [-0.3, -0.25) is 15.8 Å². The van der Waals surface area contributed by atoms with Gasteiger partial charge in [0.05, 0.1) is 17.1 Å². The van der Waals surface area contributed by atoms with Gasteiger partial charge < -0.3 is 5.73 Å². The number of hydrogen-bond donors (Lipinski definition) is 3. The number of halogens is 2. The highest BCUT2D eigenvalue weighted by Gasteiger charge is 2.24. The first-order chi connectivity index (χ1) is 15.9. The van der Waals surface area contributed by atoms with Crippen molar-refractivity contribution in [3.8, 4) is 0 Å². The molecule has 0 unspecified atom stereocenters. The summed E-state index contributed by atoms with van der Waals surface area (Å²) in [4.78, 5) is 6.15. The molecule has 1 heterocycles. The minimum absolute atomic E-state index is 0.0954. The lowest BCUT2D eigenvalue weighted by Gasteiger charge is -2.18. The third kappa shape index (κ3) is 8.58. The zero-order chi connectivity index (χ0) is 25.4.